The van der Waals surface area contributed by atoms with Gasteiger partial charge in [0.05, 0.1) is 5.03 Å². The van der Waals surface area contributed by atoms with Gasteiger partial charge in [-0.3, -0.25) is 4.79 Å². The molecule has 2 rings (SSSR count). The van der Waals surface area contributed by atoms with E-state index in [0.29, 0.717) is 0 Å². The van der Waals surface area contributed by atoms with Crippen LogP contribution in [-0.4, -0.2) is 27.8 Å². The number of nitrogens with one attached hydrogen (secondary N) is 1. The molecule has 86 valence electrons. The molecule has 1 amide bonds. The molecule has 1 aliphatic rings. The van der Waals surface area contributed by atoms with Gasteiger partial charge in [-0.2, -0.15) is 0 Å². The summed E-state index contributed by atoms with van der Waals surface area (Å²) < 4.78 is -0.372. The van der Waals surface area contributed by atoms with Gasteiger partial charge in [-0.25, -0.2) is 4.98 Å². The van der Waals surface area contributed by atoms with Gasteiger partial charge >= 0.3 is 0 Å². The largest absolute Gasteiger partial charge is 0.357 e. The molecule has 1 saturated heterocycles. The van der Waals surface area contributed by atoms with Crippen molar-refractivity contribution >= 4 is 29.4 Å². The van der Waals surface area contributed by atoms with E-state index in [1.807, 2.05) is 18.2 Å². The fourth-order valence-corrected chi connectivity index (χ4v) is 4.61. The van der Waals surface area contributed by atoms with E-state index in [9.17, 15) is 4.79 Å². The van der Waals surface area contributed by atoms with Crippen molar-refractivity contribution in [3.63, 3.8) is 0 Å². The molecule has 5 heteroatoms. The zero-order chi connectivity index (χ0) is 11.4. The van der Waals surface area contributed by atoms with Crippen LogP contribution in [0.4, 0.5) is 0 Å². The number of carbonyl (C=O) groups excluding carboxylic acids is 1. The molecule has 1 aromatic rings. The van der Waals surface area contributed by atoms with Crippen LogP contribution in [0.2, 0.25) is 0 Å². The smallest absolute Gasteiger partial charge is 0.246 e. The Morgan fingerprint density at radius 3 is 3.06 bits per heavy atom. The number of carbonyl (C=O) groups is 1. The summed E-state index contributed by atoms with van der Waals surface area (Å²) in [4.78, 5) is 16.2. The van der Waals surface area contributed by atoms with Gasteiger partial charge in [-0.05, 0) is 30.7 Å². The van der Waals surface area contributed by atoms with Crippen LogP contribution < -0.4 is 5.32 Å². The van der Waals surface area contributed by atoms with E-state index < -0.39 is 0 Å². The van der Waals surface area contributed by atoms with Gasteiger partial charge < -0.3 is 5.32 Å². The van der Waals surface area contributed by atoms with Gasteiger partial charge in [0.2, 0.25) is 5.91 Å². The van der Waals surface area contributed by atoms with E-state index >= 15 is 0 Å². The van der Waals surface area contributed by atoms with E-state index in [-0.39, 0.29) is 9.99 Å². The summed E-state index contributed by atoms with van der Waals surface area (Å²) in [7, 11) is 1.70. The molecule has 0 aromatic carbocycles. The molecule has 3 nitrogen and oxygen atoms in total. The van der Waals surface area contributed by atoms with E-state index in [1.54, 1.807) is 36.8 Å². The van der Waals surface area contributed by atoms with Crippen molar-refractivity contribution in [1.82, 2.24) is 10.3 Å². The number of nitrogens with zero attached hydrogens (tertiary/aromatic N) is 1. The summed E-state index contributed by atoms with van der Waals surface area (Å²) in [5.41, 5.74) is 0. The molecule has 1 aliphatic heterocycles. The minimum atomic E-state index is -0.372. The first-order chi connectivity index (χ1) is 7.77. The van der Waals surface area contributed by atoms with E-state index in [4.69, 9.17) is 0 Å². The van der Waals surface area contributed by atoms with Crippen LogP contribution in [0.15, 0.2) is 29.4 Å². The summed E-state index contributed by atoms with van der Waals surface area (Å²) in [6, 6.07) is 5.79. The van der Waals surface area contributed by atoms with Gasteiger partial charge in [0.25, 0.3) is 0 Å². The second-order valence-electron chi connectivity index (χ2n) is 3.55. The molecule has 2 heterocycles. The summed E-state index contributed by atoms with van der Waals surface area (Å²) in [6.45, 7) is 0. The first-order valence-electron chi connectivity index (χ1n) is 5.23. The fourth-order valence-electron chi connectivity index (χ4n) is 1.69. The highest BCUT2D eigenvalue weighted by Crippen LogP contribution is 2.49. The number of hydrogen-bond donors (Lipinski definition) is 1. The Balaban J connectivity index is 2.18. The van der Waals surface area contributed by atoms with Gasteiger partial charge in [-0.1, -0.05) is 17.8 Å². The molecule has 1 N–H and O–H groups in total. The van der Waals surface area contributed by atoms with Crippen LogP contribution in [0.5, 0.6) is 0 Å². The Morgan fingerprint density at radius 1 is 1.62 bits per heavy atom. The molecule has 16 heavy (non-hydrogen) atoms. The maximum Gasteiger partial charge on any atom is 0.246 e. The Labute approximate surface area is 104 Å². The number of amides is 1. The zero-order valence-electron chi connectivity index (χ0n) is 9.10. The summed E-state index contributed by atoms with van der Waals surface area (Å²) in [5.74, 6) is 1.15. The lowest BCUT2D eigenvalue weighted by molar-refractivity contribution is -0.120. The lowest BCUT2D eigenvalue weighted by atomic mass is 10.2. The topological polar surface area (TPSA) is 42.0 Å². The minimum absolute atomic E-state index is 0.102. The maximum atomic E-state index is 12.0. The monoisotopic (exact) mass is 254 g/mol. The highest BCUT2D eigenvalue weighted by Gasteiger charge is 2.43. The molecule has 1 aromatic heterocycles. The molecule has 0 aliphatic carbocycles. The van der Waals surface area contributed by atoms with Crippen LogP contribution >= 0.6 is 23.5 Å². The van der Waals surface area contributed by atoms with E-state index in [0.717, 1.165) is 23.6 Å². The number of hydrogen-bond acceptors (Lipinski definition) is 4. The standard InChI is InChI=1S/C11H14N2OS2/c1-12-10(14)11(6-4-8-15-11)16-9-5-2-3-7-13-9/h2-3,5,7H,4,6,8H2,1H3,(H,12,14). The highest BCUT2D eigenvalue weighted by molar-refractivity contribution is 8.19. The maximum absolute atomic E-state index is 12.0. The Bertz CT molecular complexity index is 364. The van der Waals surface area contributed by atoms with Crippen LogP contribution in [0.1, 0.15) is 12.8 Å². The third-order valence-electron chi connectivity index (χ3n) is 2.47. The van der Waals surface area contributed by atoms with Crippen molar-refractivity contribution in [3.8, 4) is 0 Å². The normalized spacial score (nSPS) is 24.3. The molecular formula is C11H14N2OS2. The SMILES string of the molecule is CNC(=O)C1(Sc2ccccn2)CCCS1. The number of pyridine rings is 1. The summed E-state index contributed by atoms with van der Waals surface area (Å²) in [6.07, 6.45) is 3.77. The third kappa shape index (κ3) is 2.35. The Hall–Kier alpha value is -0.680. The first kappa shape index (κ1) is 11.8. The lowest BCUT2D eigenvalue weighted by Crippen LogP contribution is -2.38. The Morgan fingerprint density at radius 2 is 2.50 bits per heavy atom. The van der Waals surface area contributed by atoms with Gasteiger partial charge in [0, 0.05) is 13.2 Å². The van der Waals surface area contributed by atoms with Crippen LogP contribution in [0.25, 0.3) is 0 Å². The van der Waals surface area contributed by atoms with Crippen LogP contribution in [0.3, 0.4) is 0 Å². The molecule has 1 unspecified atom stereocenters. The van der Waals surface area contributed by atoms with Gasteiger partial charge in [0.1, 0.15) is 4.08 Å². The van der Waals surface area contributed by atoms with Crippen LogP contribution in [-0.2, 0) is 4.79 Å². The predicted molar refractivity (Wildman–Crippen MR) is 68.6 cm³/mol. The molecular weight excluding hydrogens is 240 g/mol. The van der Waals surface area contributed by atoms with Gasteiger partial charge in [-0.15, -0.1) is 11.8 Å². The van der Waals surface area contributed by atoms with Crippen molar-refractivity contribution in [2.24, 2.45) is 0 Å². The van der Waals surface area contributed by atoms with E-state index in [1.165, 1.54) is 0 Å². The molecule has 0 bridgehead atoms. The van der Waals surface area contributed by atoms with E-state index in [2.05, 4.69) is 10.3 Å². The fraction of sp³-hybridized carbons (Fsp3) is 0.455. The van der Waals surface area contributed by atoms with Gasteiger partial charge in [0.15, 0.2) is 0 Å². The number of aromatic nitrogens is 1. The van der Waals surface area contributed by atoms with Crippen molar-refractivity contribution in [2.75, 3.05) is 12.8 Å². The van der Waals surface area contributed by atoms with Crippen molar-refractivity contribution in [3.05, 3.63) is 24.4 Å². The summed E-state index contributed by atoms with van der Waals surface area (Å²) in [5, 5.41) is 3.68. The molecule has 0 radical (unpaired) electrons. The van der Waals surface area contributed by atoms with Crippen molar-refractivity contribution < 1.29 is 4.79 Å². The Kier molecular flexibility index (Phi) is 3.76. The molecule has 0 saturated carbocycles. The predicted octanol–water partition coefficient (Wildman–Crippen LogP) is 2.14. The molecule has 1 atom stereocenters. The number of rotatable bonds is 3. The average Bonchev–Trinajstić information content (AvgIpc) is 2.79. The lowest BCUT2D eigenvalue weighted by Gasteiger charge is -2.24. The second kappa shape index (κ2) is 5.10. The summed E-state index contributed by atoms with van der Waals surface area (Å²) >= 11 is 3.30. The highest BCUT2D eigenvalue weighted by atomic mass is 32.2. The second-order valence-corrected chi connectivity index (χ2v) is 6.53. The zero-order valence-corrected chi connectivity index (χ0v) is 10.7. The van der Waals surface area contributed by atoms with Crippen molar-refractivity contribution in [2.45, 2.75) is 21.9 Å². The van der Waals surface area contributed by atoms with Crippen LogP contribution in [0, 0.1) is 0 Å². The molecule has 1 fully saturated rings. The quantitative estimate of drug-likeness (QED) is 0.897. The first-order valence-corrected chi connectivity index (χ1v) is 7.03. The average molecular weight is 254 g/mol. The van der Waals surface area contributed by atoms with Crippen molar-refractivity contribution in [1.29, 1.82) is 0 Å². The number of thioether (sulfide) groups is 2. The third-order valence-corrected chi connectivity index (χ3v) is 5.59. The minimum Gasteiger partial charge on any atom is -0.357 e. The molecule has 0 spiro atoms.